The van der Waals surface area contributed by atoms with Crippen LogP contribution in [0.15, 0.2) is 35.5 Å². The van der Waals surface area contributed by atoms with Gasteiger partial charge < -0.3 is 14.3 Å². The summed E-state index contributed by atoms with van der Waals surface area (Å²) in [5.74, 6) is 0. The van der Waals surface area contributed by atoms with Gasteiger partial charge in [0, 0.05) is 13.2 Å². The second-order valence-electron chi connectivity index (χ2n) is 3.29. The van der Waals surface area contributed by atoms with Gasteiger partial charge in [-0.3, -0.25) is 0 Å². The zero-order valence-electron chi connectivity index (χ0n) is 10.3. The van der Waals surface area contributed by atoms with Crippen LogP contribution in [0, 0.1) is 0 Å². The normalized spacial score (nSPS) is 11.2. The maximum absolute atomic E-state index is 5.28. The molecule has 1 aromatic carbocycles. The monoisotopic (exact) mass is 237 g/mol. The van der Waals surface area contributed by atoms with Crippen molar-refractivity contribution in [2.24, 2.45) is 5.16 Å². The van der Waals surface area contributed by atoms with E-state index in [1.807, 2.05) is 44.2 Å². The Morgan fingerprint density at radius 2 is 1.76 bits per heavy atom. The van der Waals surface area contributed by atoms with Gasteiger partial charge in [-0.1, -0.05) is 35.5 Å². The van der Waals surface area contributed by atoms with Crippen molar-refractivity contribution in [2.45, 2.75) is 26.7 Å². The molecule has 17 heavy (non-hydrogen) atoms. The second-order valence-corrected chi connectivity index (χ2v) is 3.29. The lowest BCUT2D eigenvalue weighted by Gasteiger charge is -2.11. The van der Waals surface area contributed by atoms with Crippen LogP contribution in [0.1, 0.15) is 19.4 Å². The van der Waals surface area contributed by atoms with Crippen LogP contribution in [0.5, 0.6) is 0 Å². The molecule has 4 heteroatoms. The molecule has 0 saturated carbocycles. The Balaban J connectivity index is 2.28. The van der Waals surface area contributed by atoms with Gasteiger partial charge >= 0.3 is 0 Å². The maximum Gasteiger partial charge on any atom is 0.197 e. The van der Waals surface area contributed by atoms with E-state index in [1.54, 1.807) is 0 Å². The molecule has 0 aliphatic rings. The zero-order chi connectivity index (χ0) is 12.3. The first-order valence-electron chi connectivity index (χ1n) is 5.79. The van der Waals surface area contributed by atoms with Crippen molar-refractivity contribution in [3.05, 3.63) is 35.9 Å². The highest BCUT2D eigenvalue weighted by molar-refractivity contribution is 5.60. The van der Waals surface area contributed by atoms with E-state index in [2.05, 4.69) is 5.16 Å². The molecule has 0 aromatic heterocycles. The summed E-state index contributed by atoms with van der Waals surface area (Å²) in [5.41, 5.74) is 1.08. The van der Waals surface area contributed by atoms with Crippen LogP contribution in [-0.2, 0) is 20.9 Å². The van der Waals surface area contributed by atoms with E-state index < -0.39 is 6.29 Å². The molecule has 0 atom stereocenters. The molecule has 0 amide bonds. The van der Waals surface area contributed by atoms with E-state index in [-0.39, 0.29) is 0 Å². The third kappa shape index (κ3) is 6.04. The Bertz CT molecular complexity index is 308. The number of nitrogens with zero attached hydrogens (tertiary/aromatic N) is 1. The number of oxime groups is 1. The lowest BCUT2D eigenvalue weighted by Crippen LogP contribution is -2.18. The summed E-state index contributed by atoms with van der Waals surface area (Å²) in [6.45, 7) is 5.42. The molecule has 0 radical (unpaired) electrons. The average molecular weight is 237 g/mol. The number of benzene rings is 1. The number of hydrogen-bond acceptors (Lipinski definition) is 4. The molecular weight excluding hydrogens is 218 g/mol. The molecule has 0 heterocycles. The third-order valence-corrected chi connectivity index (χ3v) is 1.99. The third-order valence-electron chi connectivity index (χ3n) is 1.99. The molecule has 4 nitrogen and oxygen atoms in total. The SMILES string of the molecule is CCOC(/C=N/OCc1ccccc1)OCC. The Morgan fingerprint density at radius 1 is 1.12 bits per heavy atom. The summed E-state index contributed by atoms with van der Waals surface area (Å²) in [7, 11) is 0. The first-order valence-corrected chi connectivity index (χ1v) is 5.79. The van der Waals surface area contributed by atoms with Gasteiger partial charge in [0.05, 0.1) is 6.21 Å². The topological polar surface area (TPSA) is 40.0 Å². The lowest BCUT2D eigenvalue weighted by molar-refractivity contribution is -0.0885. The van der Waals surface area contributed by atoms with Crippen LogP contribution >= 0.6 is 0 Å². The molecule has 0 fully saturated rings. The van der Waals surface area contributed by atoms with Gasteiger partial charge in [-0.05, 0) is 19.4 Å². The first-order chi connectivity index (χ1) is 8.36. The van der Waals surface area contributed by atoms with Gasteiger partial charge in [0.1, 0.15) is 6.61 Å². The fourth-order valence-corrected chi connectivity index (χ4v) is 1.24. The van der Waals surface area contributed by atoms with E-state index in [1.165, 1.54) is 6.21 Å². The summed E-state index contributed by atoms with van der Waals surface area (Å²) < 4.78 is 10.6. The Kier molecular flexibility index (Phi) is 7.02. The minimum Gasteiger partial charge on any atom is -0.391 e. The molecule has 0 aliphatic carbocycles. The smallest absolute Gasteiger partial charge is 0.197 e. The molecule has 0 unspecified atom stereocenters. The van der Waals surface area contributed by atoms with Crippen LogP contribution in [0.2, 0.25) is 0 Å². The number of rotatable bonds is 8. The lowest BCUT2D eigenvalue weighted by atomic mass is 10.2. The predicted molar refractivity (Wildman–Crippen MR) is 66.8 cm³/mol. The second kappa shape index (κ2) is 8.73. The van der Waals surface area contributed by atoms with Crippen molar-refractivity contribution >= 4 is 6.21 Å². The number of hydrogen-bond donors (Lipinski definition) is 0. The number of ether oxygens (including phenoxy) is 2. The quantitative estimate of drug-likeness (QED) is 0.396. The minimum absolute atomic E-state index is 0.430. The fourth-order valence-electron chi connectivity index (χ4n) is 1.24. The van der Waals surface area contributed by atoms with Gasteiger partial charge in [0.15, 0.2) is 6.29 Å². The van der Waals surface area contributed by atoms with Crippen molar-refractivity contribution in [3.63, 3.8) is 0 Å². The minimum atomic E-state index is -0.430. The van der Waals surface area contributed by atoms with E-state index >= 15 is 0 Å². The molecule has 94 valence electrons. The van der Waals surface area contributed by atoms with E-state index in [9.17, 15) is 0 Å². The van der Waals surface area contributed by atoms with Crippen LogP contribution < -0.4 is 0 Å². The van der Waals surface area contributed by atoms with Crippen molar-refractivity contribution in [3.8, 4) is 0 Å². The van der Waals surface area contributed by atoms with Gasteiger partial charge in [-0.2, -0.15) is 0 Å². The van der Waals surface area contributed by atoms with Crippen molar-refractivity contribution in [1.82, 2.24) is 0 Å². The summed E-state index contributed by atoms with van der Waals surface area (Å²) >= 11 is 0. The van der Waals surface area contributed by atoms with Crippen LogP contribution in [0.25, 0.3) is 0 Å². The predicted octanol–water partition coefficient (Wildman–Crippen LogP) is 2.59. The van der Waals surface area contributed by atoms with Crippen molar-refractivity contribution < 1.29 is 14.3 Å². The largest absolute Gasteiger partial charge is 0.391 e. The Labute approximate surface area is 102 Å². The fraction of sp³-hybridized carbons (Fsp3) is 0.462. The highest BCUT2D eigenvalue weighted by atomic mass is 16.7. The maximum atomic E-state index is 5.28. The molecule has 1 aromatic rings. The van der Waals surface area contributed by atoms with Crippen LogP contribution in [0.3, 0.4) is 0 Å². The molecule has 0 saturated heterocycles. The van der Waals surface area contributed by atoms with Gasteiger partial charge in [0.25, 0.3) is 0 Å². The first kappa shape index (κ1) is 13.7. The van der Waals surface area contributed by atoms with Gasteiger partial charge in [0.2, 0.25) is 0 Å². The van der Waals surface area contributed by atoms with Gasteiger partial charge in [-0.25, -0.2) is 0 Å². The summed E-state index contributed by atoms with van der Waals surface area (Å²) in [6.07, 6.45) is 1.09. The summed E-state index contributed by atoms with van der Waals surface area (Å²) in [5, 5.41) is 3.83. The summed E-state index contributed by atoms with van der Waals surface area (Å²) in [6, 6.07) is 9.86. The summed E-state index contributed by atoms with van der Waals surface area (Å²) in [4.78, 5) is 5.15. The highest BCUT2D eigenvalue weighted by Crippen LogP contribution is 2.00. The van der Waals surface area contributed by atoms with Crippen LogP contribution in [0.4, 0.5) is 0 Å². The molecule has 0 bridgehead atoms. The molecule has 0 N–H and O–H groups in total. The highest BCUT2D eigenvalue weighted by Gasteiger charge is 2.02. The zero-order valence-corrected chi connectivity index (χ0v) is 10.3. The van der Waals surface area contributed by atoms with E-state index in [4.69, 9.17) is 14.3 Å². The average Bonchev–Trinajstić information content (AvgIpc) is 2.36. The van der Waals surface area contributed by atoms with Gasteiger partial charge in [-0.15, -0.1) is 0 Å². The van der Waals surface area contributed by atoms with Crippen LogP contribution in [-0.4, -0.2) is 25.7 Å². The van der Waals surface area contributed by atoms with E-state index in [0.717, 1.165) is 5.56 Å². The Morgan fingerprint density at radius 3 is 2.35 bits per heavy atom. The van der Waals surface area contributed by atoms with Crippen molar-refractivity contribution in [1.29, 1.82) is 0 Å². The van der Waals surface area contributed by atoms with Crippen molar-refractivity contribution in [2.75, 3.05) is 13.2 Å². The molecule has 0 spiro atoms. The standard InChI is InChI=1S/C13H19NO3/c1-3-15-13(16-4-2)10-14-17-11-12-8-6-5-7-9-12/h5-10,13H,3-4,11H2,1-2H3/b14-10+. The van der Waals surface area contributed by atoms with E-state index in [0.29, 0.717) is 19.8 Å². The molecule has 0 aliphatic heterocycles. The molecular formula is C13H19NO3. The molecule has 1 rings (SSSR count). The Hall–Kier alpha value is -1.39.